The smallest absolute Gasteiger partial charge is 0.265 e. The van der Waals surface area contributed by atoms with Crippen molar-refractivity contribution in [3.63, 3.8) is 0 Å². The van der Waals surface area contributed by atoms with Gasteiger partial charge in [-0.15, -0.1) is 0 Å². The van der Waals surface area contributed by atoms with Gasteiger partial charge in [-0.05, 0) is 48.4 Å². The highest BCUT2D eigenvalue weighted by molar-refractivity contribution is 5.99. The molecule has 4 N–H and O–H groups in total. The number of amides is 3. The van der Waals surface area contributed by atoms with Crippen molar-refractivity contribution in [1.82, 2.24) is 5.32 Å². The predicted octanol–water partition coefficient (Wildman–Crippen LogP) is 2.97. The molecule has 1 atom stereocenters. The Kier molecular flexibility index (Phi) is 7.01. The van der Waals surface area contributed by atoms with Crippen LogP contribution in [0.5, 0.6) is 5.75 Å². The molecular formula is C24H23N3O4. The van der Waals surface area contributed by atoms with Gasteiger partial charge in [-0.3, -0.25) is 14.4 Å². The Morgan fingerprint density at radius 1 is 0.903 bits per heavy atom. The third-order valence-electron chi connectivity index (χ3n) is 4.46. The van der Waals surface area contributed by atoms with Crippen LogP contribution in [0, 0.1) is 0 Å². The molecule has 3 aromatic rings. The van der Waals surface area contributed by atoms with E-state index in [4.69, 9.17) is 10.5 Å². The Morgan fingerprint density at radius 3 is 2.26 bits per heavy atom. The molecule has 0 heterocycles. The van der Waals surface area contributed by atoms with E-state index in [0.717, 1.165) is 11.1 Å². The van der Waals surface area contributed by atoms with E-state index in [9.17, 15) is 14.4 Å². The van der Waals surface area contributed by atoms with Gasteiger partial charge < -0.3 is 21.1 Å². The van der Waals surface area contributed by atoms with Gasteiger partial charge in [-0.1, -0.05) is 48.5 Å². The highest BCUT2D eigenvalue weighted by atomic mass is 16.5. The van der Waals surface area contributed by atoms with Gasteiger partial charge >= 0.3 is 0 Å². The number of nitrogens with one attached hydrogen (secondary N) is 2. The Morgan fingerprint density at radius 2 is 1.58 bits per heavy atom. The van der Waals surface area contributed by atoms with Crippen molar-refractivity contribution in [2.45, 2.75) is 13.0 Å². The van der Waals surface area contributed by atoms with Gasteiger partial charge in [-0.25, -0.2) is 0 Å². The third kappa shape index (κ3) is 6.17. The number of carbonyl (C=O) groups is 3. The van der Waals surface area contributed by atoms with Crippen molar-refractivity contribution in [1.29, 1.82) is 0 Å². The summed E-state index contributed by atoms with van der Waals surface area (Å²) in [5.74, 6) is -0.887. The van der Waals surface area contributed by atoms with Crippen LogP contribution < -0.4 is 21.1 Å². The minimum absolute atomic E-state index is 0.261. The number of nitrogens with two attached hydrogens (primary N) is 1. The van der Waals surface area contributed by atoms with E-state index >= 15 is 0 Å². The van der Waals surface area contributed by atoms with Gasteiger partial charge in [0.15, 0.2) is 6.10 Å². The number of carbonyl (C=O) groups excluding carboxylic acids is 3. The van der Waals surface area contributed by atoms with Gasteiger partial charge in [0.25, 0.3) is 11.8 Å². The van der Waals surface area contributed by atoms with Gasteiger partial charge in [-0.2, -0.15) is 0 Å². The second-order valence-electron chi connectivity index (χ2n) is 6.87. The minimum atomic E-state index is -0.755. The van der Waals surface area contributed by atoms with Crippen LogP contribution in [0.15, 0.2) is 78.9 Å². The van der Waals surface area contributed by atoms with E-state index in [1.165, 1.54) is 6.07 Å². The van der Waals surface area contributed by atoms with Crippen LogP contribution in [0.3, 0.4) is 0 Å². The molecule has 158 valence electrons. The Labute approximate surface area is 180 Å². The second-order valence-corrected chi connectivity index (χ2v) is 6.87. The third-order valence-corrected chi connectivity index (χ3v) is 4.46. The summed E-state index contributed by atoms with van der Waals surface area (Å²) in [6, 6.07) is 23.8. The largest absolute Gasteiger partial charge is 0.481 e. The van der Waals surface area contributed by atoms with E-state index in [1.54, 1.807) is 25.1 Å². The lowest BCUT2D eigenvalue weighted by Gasteiger charge is -2.15. The fourth-order valence-electron chi connectivity index (χ4n) is 2.87. The summed E-state index contributed by atoms with van der Waals surface area (Å²) in [7, 11) is 0. The minimum Gasteiger partial charge on any atom is -0.481 e. The number of hydrogen-bond acceptors (Lipinski definition) is 4. The number of ether oxygens (including phenoxy) is 1. The Balaban J connectivity index is 1.59. The number of benzene rings is 3. The fraction of sp³-hybridized carbons (Fsp3) is 0.125. The van der Waals surface area contributed by atoms with Gasteiger partial charge in [0.1, 0.15) is 5.75 Å². The molecule has 3 aromatic carbocycles. The number of hydrogen-bond donors (Lipinski definition) is 3. The van der Waals surface area contributed by atoms with Crippen molar-refractivity contribution in [2.75, 3.05) is 11.9 Å². The molecule has 0 bridgehead atoms. The first-order valence-electron chi connectivity index (χ1n) is 9.72. The molecule has 0 aliphatic carbocycles. The SMILES string of the molecule is CC(Oc1ccc(-c2ccccc2)cc1)C(=O)Nc1cccc(C(=O)NCC(N)=O)c1. The maximum absolute atomic E-state index is 12.5. The van der Waals surface area contributed by atoms with Crippen LogP contribution >= 0.6 is 0 Å². The first-order chi connectivity index (χ1) is 14.9. The van der Waals surface area contributed by atoms with E-state index in [-0.39, 0.29) is 12.5 Å². The summed E-state index contributed by atoms with van der Waals surface area (Å²) in [4.78, 5) is 35.3. The summed E-state index contributed by atoms with van der Waals surface area (Å²) in [5.41, 5.74) is 7.91. The molecule has 0 radical (unpaired) electrons. The normalized spacial score (nSPS) is 11.3. The van der Waals surface area contributed by atoms with Gasteiger partial charge in [0, 0.05) is 11.3 Å². The van der Waals surface area contributed by atoms with Gasteiger partial charge in [0.05, 0.1) is 6.54 Å². The zero-order valence-electron chi connectivity index (χ0n) is 17.0. The molecule has 0 aromatic heterocycles. The summed E-state index contributed by atoms with van der Waals surface area (Å²) >= 11 is 0. The highest BCUT2D eigenvalue weighted by Gasteiger charge is 2.16. The lowest BCUT2D eigenvalue weighted by Crippen LogP contribution is -2.33. The number of anilines is 1. The average Bonchev–Trinajstić information content (AvgIpc) is 2.78. The molecule has 3 amide bonds. The Bertz CT molecular complexity index is 1070. The molecule has 31 heavy (non-hydrogen) atoms. The lowest BCUT2D eigenvalue weighted by atomic mass is 10.1. The van der Waals surface area contributed by atoms with Crippen LogP contribution in [0.25, 0.3) is 11.1 Å². The topological polar surface area (TPSA) is 111 Å². The second kappa shape index (κ2) is 10.1. The van der Waals surface area contributed by atoms with Crippen LogP contribution in [0.2, 0.25) is 0 Å². The Hall–Kier alpha value is -4.13. The molecule has 1 unspecified atom stereocenters. The fourth-order valence-corrected chi connectivity index (χ4v) is 2.87. The summed E-state index contributed by atoms with van der Waals surface area (Å²) < 4.78 is 5.74. The van der Waals surface area contributed by atoms with E-state index in [1.807, 2.05) is 54.6 Å². The lowest BCUT2D eigenvalue weighted by molar-refractivity contribution is -0.122. The molecule has 0 fully saturated rings. The van der Waals surface area contributed by atoms with Crippen molar-refractivity contribution in [2.24, 2.45) is 5.73 Å². The molecule has 0 aliphatic rings. The van der Waals surface area contributed by atoms with Gasteiger partial charge in [0.2, 0.25) is 5.91 Å². The van der Waals surface area contributed by atoms with Crippen molar-refractivity contribution < 1.29 is 19.1 Å². The van der Waals surface area contributed by atoms with E-state index < -0.39 is 17.9 Å². The highest BCUT2D eigenvalue weighted by Crippen LogP contribution is 2.23. The number of primary amides is 1. The van der Waals surface area contributed by atoms with Crippen LogP contribution in [0.4, 0.5) is 5.69 Å². The molecule has 0 aliphatic heterocycles. The van der Waals surface area contributed by atoms with Crippen molar-refractivity contribution in [3.8, 4) is 16.9 Å². The molecule has 7 heteroatoms. The van der Waals surface area contributed by atoms with Crippen molar-refractivity contribution >= 4 is 23.4 Å². The zero-order valence-corrected chi connectivity index (χ0v) is 17.0. The molecule has 7 nitrogen and oxygen atoms in total. The number of rotatable bonds is 8. The maximum atomic E-state index is 12.5. The monoisotopic (exact) mass is 417 g/mol. The summed E-state index contributed by atoms with van der Waals surface area (Å²) in [6.45, 7) is 1.38. The predicted molar refractivity (Wildman–Crippen MR) is 119 cm³/mol. The molecule has 0 spiro atoms. The summed E-state index contributed by atoms with van der Waals surface area (Å²) in [6.07, 6.45) is -0.755. The van der Waals surface area contributed by atoms with E-state index in [0.29, 0.717) is 17.0 Å². The molecule has 0 saturated carbocycles. The van der Waals surface area contributed by atoms with Crippen LogP contribution in [-0.4, -0.2) is 30.4 Å². The first kappa shape index (κ1) is 21.6. The van der Waals surface area contributed by atoms with E-state index in [2.05, 4.69) is 10.6 Å². The maximum Gasteiger partial charge on any atom is 0.265 e. The van der Waals surface area contributed by atoms with Crippen molar-refractivity contribution in [3.05, 3.63) is 84.4 Å². The molecule has 0 saturated heterocycles. The standard InChI is InChI=1S/C24H23N3O4/c1-16(31-21-12-10-18(11-13-21)17-6-3-2-4-7-17)23(29)27-20-9-5-8-19(14-20)24(30)26-15-22(25)28/h2-14,16H,15H2,1H3,(H2,25,28)(H,26,30)(H,27,29). The molecule has 3 rings (SSSR count). The van der Waals surface area contributed by atoms with Crippen LogP contribution in [-0.2, 0) is 9.59 Å². The quantitative estimate of drug-likeness (QED) is 0.523. The zero-order chi connectivity index (χ0) is 22.2. The van der Waals surface area contributed by atoms with Crippen LogP contribution in [0.1, 0.15) is 17.3 Å². The summed E-state index contributed by atoms with van der Waals surface area (Å²) in [5, 5.41) is 5.12. The first-order valence-corrected chi connectivity index (χ1v) is 9.72. The molecular weight excluding hydrogens is 394 g/mol. The average molecular weight is 417 g/mol.